The maximum atomic E-state index is 11.3. The van der Waals surface area contributed by atoms with Crippen molar-refractivity contribution in [3.8, 4) is 0 Å². The fourth-order valence-corrected chi connectivity index (χ4v) is 3.24. The van der Waals surface area contributed by atoms with Gasteiger partial charge in [0.25, 0.3) is 5.91 Å². The number of rotatable bonds is 10. The molecule has 0 rings (SSSR count). The van der Waals surface area contributed by atoms with Gasteiger partial charge in [0.1, 0.15) is 0 Å². The summed E-state index contributed by atoms with van der Waals surface area (Å²) in [7, 11) is 3.32. The number of aliphatic carboxylic acids is 1. The first-order valence-corrected chi connectivity index (χ1v) is 8.46. The Balaban J connectivity index is 3.61. The van der Waals surface area contributed by atoms with E-state index in [1.54, 1.807) is 21.6 Å². The largest absolute Gasteiger partial charge is 0.479 e. The molecule has 0 heterocycles. The zero-order valence-corrected chi connectivity index (χ0v) is 12.7. The third kappa shape index (κ3) is 9.15. The topological polar surface area (TPSA) is 107 Å². The van der Waals surface area contributed by atoms with E-state index in [4.69, 9.17) is 10.2 Å². The predicted molar refractivity (Wildman–Crippen MR) is 77.0 cm³/mol. The zero-order valence-electron chi connectivity index (χ0n) is 11.0. The molecule has 0 aliphatic carbocycles. The van der Waals surface area contributed by atoms with Crippen molar-refractivity contribution in [3.63, 3.8) is 0 Å². The predicted octanol–water partition coefficient (Wildman–Crippen LogP) is 0.336. The van der Waals surface area contributed by atoms with Gasteiger partial charge in [-0.05, 0) is 12.3 Å². The van der Waals surface area contributed by atoms with Gasteiger partial charge in [-0.2, -0.15) is 0 Å². The van der Waals surface area contributed by atoms with Crippen LogP contribution in [0.4, 0.5) is 0 Å². The maximum Gasteiger partial charge on any atom is 0.335 e. The van der Waals surface area contributed by atoms with Crippen LogP contribution in [-0.2, 0) is 9.59 Å². The van der Waals surface area contributed by atoms with Crippen LogP contribution in [0.15, 0.2) is 0 Å². The molecule has 1 amide bonds. The van der Waals surface area contributed by atoms with Gasteiger partial charge in [-0.15, -0.1) is 0 Å². The lowest BCUT2D eigenvalue weighted by Crippen LogP contribution is -2.46. The van der Waals surface area contributed by atoms with Gasteiger partial charge < -0.3 is 20.6 Å². The number of aliphatic hydroxyl groups is 2. The third-order valence-corrected chi connectivity index (χ3v) is 4.61. The van der Waals surface area contributed by atoms with E-state index in [1.165, 1.54) is 0 Å². The highest BCUT2D eigenvalue weighted by molar-refractivity contribution is 8.76. The van der Waals surface area contributed by atoms with Crippen LogP contribution in [0.25, 0.3) is 0 Å². The SMILES string of the molecule is CC(C)CCSSCCNC(=O)[C@H](O)[C@@H](O)C(=O)O. The fourth-order valence-electron chi connectivity index (χ4n) is 1.00. The molecule has 0 aliphatic heterocycles. The van der Waals surface area contributed by atoms with Crippen molar-refractivity contribution in [1.29, 1.82) is 0 Å². The van der Waals surface area contributed by atoms with Crippen LogP contribution >= 0.6 is 21.6 Å². The minimum Gasteiger partial charge on any atom is -0.479 e. The summed E-state index contributed by atoms with van der Waals surface area (Å²) >= 11 is 0. The standard InChI is InChI=1S/C11H21NO5S2/c1-7(2)3-5-18-19-6-4-12-10(15)8(13)9(14)11(16)17/h7-9,13-14H,3-6H2,1-2H3,(H,12,15)(H,16,17)/t8-,9-/m1/s1. The highest BCUT2D eigenvalue weighted by Gasteiger charge is 2.29. The Morgan fingerprint density at radius 3 is 2.21 bits per heavy atom. The quantitative estimate of drug-likeness (QED) is 0.340. The molecule has 0 aromatic rings. The molecule has 0 saturated heterocycles. The summed E-state index contributed by atoms with van der Waals surface area (Å²) in [4.78, 5) is 21.6. The number of carboxylic acids is 1. The summed E-state index contributed by atoms with van der Waals surface area (Å²) in [6, 6.07) is 0. The summed E-state index contributed by atoms with van der Waals surface area (Å²) < 4.78 is 0. The summed E-state index contributed by atoms with van der Waals surface area (Å²) in [5.41, 5.74) is 0. The molecular formula is C11H21NO5S2. The molecule has 19 heavy (non-hydrogen) atoms. The third-order valence-electron chi connectivity index (χ3n) is 2.17. The highest BCUT2D eigenvalue weighted by atomic mass is 33.1. The van der Waals surface area contributed by atoms with E-state index < -0.39 is 24.1 Å². The highest BCUT2D eigenvalue weighted by Crippen LogP contribution is 2.22. The van der Waals surface area contributed by atoms with Crippen LogP contribution < -0.4 is 5.32 Å². The first-order chi connectivity index (χ1) is 8.86. The average molecular weight is 311 g/mol. The Labute approximate surface area is 120 Å². The lowest BCUT2D eigenvalue weighted by molar-refractivity contribution is -0.158. The molecule has 2 atom stereocenters. The lowest BCUT2D eigenvalue weighted by atomic mass is 10.2. The van der Waals surface area contributed by atoms with Crippen LogP contribution in [0, 0.1) is 5.92 Å². The number of aliphatic hydroxyl groups excluding tert-OH is 2. The average Bonchev–Trinajstić information content (AvgIpc) is 2.34. The van der Waals surface area contributed by atoms with Gasteiger partial charge in [0.15, 0.2) is 12.2 Å². The maximum absolute atomic E-state index is 11.3. The second-order valence-electron chi connectivity index (χ2n) is 4.35. The molecule has 0 unspecified atom stereocenters. The minimum absolute atomic E-state index is 0.321. The Bertz CT molecular complexity index is 288. The van der Waals surface area contributed by atoms with Crippen molar-refractivity contribution in [2.24, 2.45) is 5.92 Å². The molecule has 0 fully saturated rings. The summed E-state index contributed by atoms with van der Waals surface area (Å²) in [6.07, 6.45) is -2.89. The second-order valence-corrected chi connectivity index (χ2v) is 7.05. The first kappa shape index (κ1) is 18.6. The van der Waals surface area contributed by atoms with Crippen LogP contribution in [0.2, 0.25) is 0 Å². The Morgan fingerprint density at radius 2 is 1.68 bits per heavy atom. The number of carbonyl (C=O) groups is 2. The number of carbonyl (C=O) groups excluding carboxylic acids is 1. The number of hydrogen-bond acceptors (Lipinski definition) is 6. The first-order valence-electron chi connectivity index (χ1n) is 5.97. The number of hydrogen-bond donors (Lipinski definition) is 4. The lowest BCUT2D eigenvalue weighted by Gasteiger charge is -2.13. The monoisotopic (exact) mass is 311 g/mol. The van der Waals surface area contributed by atoms with Crippen molar-refractivity contribution in [2.45, 2.75) is 32.5 Å². The number of carboxylic acid groups (broad SMARTS) is 1. The van der Waals surface area contributed by atoms with E-state index in [9.17, 15) is 14.7 Å². The van der Waals surface area contributed by atoms with E-state index in [1.807, 2.05) is 0 Å². The van der Waals surface area contributed by atoms with Crippen LogP contribution in [0.5, 0.6) is 0 Å². The molecule has 6 nitrogen and oxygen atoms in total. The van der Waals surface area contributed by atoms with Gasteiger partial charge in [0.05, 0.1) is 0 Å². The summed E-state index contributed by atoms with van der Waals surface area (Å²) in [6.45, 7) is 4.63. The molecule has 0 aliphatic rings. The molecule has 0 bridgehead atoms. The molecule has 4 N–H and O–H groups in total. The van der Waals surface area contributed by atoms with Gasteiger partial charge in [-0.25, -0.2) is 4.79 Å². The number of amides is 1. The fraction of sp³-hybridized carbons (Fsp3) is 0.818. The summed E-state index contributed by atoms with van der Waals surface area (Å²) in [5, 5.41) is 29.0. The minimum atomic E-state index is -2.09. The Kier molecular flexibility index (Phi) is 10.1. The zero-order chi connectivity index (χ0) is 14.8. The molecular weight excluding hydrogens is 290 g/mol. The van der Waals surface area contributed by atoms with Crippen molar-refractivity contribution in [1.82, 2.24) is 5.32 Å². The van der Waals surface area contributed by atoms with Crippen molar-refractivity contribution in [2.75, 3.05) is 18.1 Å². The normalized spacial score (nSPS) is 14.2. The molecule has 112 valence electrons. The van der Waals surface area contributed by atoms with Crippen LogP contribution in [-0.4, -0.2) is 57.5 Å². The van der Waals surface area contributed by atoms with E-state index in [0.29, 0.717) is 18.2 Å². The Hall–Kier alpha value is -0.440. The van der Waals surface area contributed by atoms with Gasteiger partial charge >= 0.3 is 5.97 Å². The molecule has 8 heteroatoms. The number of nitrogens with one attached hydrogen (secondary N) is 1. The molecule has 0 aromatic heterocycles. The second kappa shape index (κ2) is 10.4. The van der Waals surface area contributed by atoms with Gasteiger partial charge in [0, 0.05) is 18.1 Å². The van der Waals surface area contributed by atoms with E-state index >= 15 is 0 Å². The molecule has 0 saturated carbocycles. The van der Waals surface area contributed by atoms with Crippen LogP contribution in [0.3, 0.4) is 0 Å². The molecule has 0 aromatic carbocycles. The summed E-state index contributed by atoms with van der Waals surface area (Å²) in [5.74, 6) is -0.134. The van der Waals surface area contributed by atoms with Crippen molar-refractivity contribution >= 4 is 33.5 Å². The van der Waals surface area contributed by atoms with Gasteiger partial charge in [-0.3, -0.25) is 4.79 Å². The van der Waals surface area contributed by atoms with E-state index in [0.717, 1.165) is 12.2 Å². The Morgan fingerprint density at radius 1 is 1.11 bits per heavy atom. The molecule has 0 radical (unpaired) electrons. The van der Waals surface area contributed by atoms with Crippen molar-refractivity contribution in [3.05, 3.63) is 0 Å². The van der Waals surface area contributed by atoms with Gasteiger partial charge in [0.2, 0.25) is 0 Å². The molecule has 0 spiro atoms. The van der Waals surface area contributed by atoms with E-state index in [-0.39, 0.29) is 0 Å². The van der Waals surface area contributed by atoms with Gasteiger partial charge in [-0.1, -0.05) is 35.4 Å². The van der Waals surface area contributed by atoms with E-state index in [2.05, 4.69) is 19.2 Å². The van der Waals surface area contributed by atoms with Crippen LogP contribution in [0.1, 0.15) is 20.3 Å². The van der Waals surface area contributed by atoms with Crippen molar-refractivity contribution < 1.29 is 24.9 Å². The smallest absolute Gasteiger partial charge is 0.335 e.